The first kappa shape index (κ1) is 16.5. The van der Waals surface area contributed by atoms with Gasteiger partial charge in [-0.15, -0.1) is 0 Å². The molecule has 0 aliphatic heterocycles. The molecule has 3 amide bonds. The zero-order valence-electron chi connectivity index (χ0n) is 12.1. The van der Waals surface area contributed by atoms with Gasteiger partial charge in [-0.05, 0) is 32.9 Å². The molecular weight excluding hydrogens is 276 g/mol. The third-order valence-corrected chi connectivity index (χ3v) is 2.76. The topological polar surface area (TPSA) is 105 Å². The van der Waals surface area contributed by atoms with Crippen LogP contribution in [0.15, 0.2) is 18.2 Å². The maximum atomic E-state index is 11.7. The van der Waals surface area contributed by atoms with Gasteiger partial charge in [0.2, 0.25) is 0 Å². The number of carboxylic acids is 1. The molecule has 0 saturated heterocycles. The maximum absolute atomic E-state index is 11.7. The van der Waals surface area contributed by atoms with Crippen molar-refractivity contribution in [2.24, 2.45) is 0 Å². The fourth-order valence-electron chi connectivity index (χ4n) is 1.64. The molecular formula is C14H18N2O5. The molecule has 1 atom stereocenters. The second-order valence-corrected chi connectivity index (χ2v) is 4.34. The molecule has 0 radical (unpaired) electrons. The van der Waals surface area contributed by atoms with Crippen LogP contribution in [0.3, 0.4) is 0 Å². The lowest BCUT2D eigenvalue weighted by atomic mass is 10.1. The molecule has 1 unspecified atom stereocenters. The lowest BCUT2D eigenvalue weighted by Crippen LogP contribution is -2.45. The molecule has 1 rings (SSSR count). The number of urea groups is 1. The highest BCUT2D eigenvalue weighted by atomic mass is 16.5. The molecule has 0 aliphatic carbocycles. The van der Waals surface area contributed by atoms with Crippen molar-refractivity contribution in [2.75, 3.05) is 6.54 Å². The maximum Gasteiger partial charge on any atom is 0.336 e. The van der Waals surface area contributed by atoms with Crippen molar-refractivity contribution in [1.29, 1.82) is 0 Å². The predicted molar refractivity (Wildman–Crippen MR) is 75.4 cm³/mol. The number of aromatic carboxylic acids is 1. The molecule has 0 aromatic heterocycles. The van der Waals surface area contributed by atoms with Crippen LogP contribution in [0.5, 0.6) is 5.75 Å². The summed E-state index contributed by atoms with van der Waals surface area (Å²) in [5, 5.41) is 13.6. The number of imide groups is 1. The lowest BCUT2D eigenvalue weighted by molar-refractivity contribution is -0.126. The van der Waals surface area contributed by atoms with Gasteiger partial charge >= 0.3 is 12.0 Å². The Hall–Kier alpha value is -2.57. The molecule has 1 aromatic carbocycles. The summed E-state index contributed by atoms with van der Waals surface area (Å²) < 4.78 is 5.42. The van der Waals surface area contributed by atoms with E-state index in [4.69, 9.17) is 9.84 Å². The third-order valence-electron chi connectivity index (χ3n) is 2.76. The Morgan fingerprint density at radius 1 is 1.33 bits per heavy atom. The van der Waals surface area contributed by atoms with Gasteiger partial charge in [0.15, 0.2) is 6.10 Å². The molecule has 0 fully saturated rings. The first-order chi connectivity index (χ1) is 9.86. The van der Waals surface area contributed by atoms with E-state index in [1.165, 1.54) is 19.1 Å². The number of nitrogens with one attached hydrogen (secondary N) is 2. The van der Waals surface area contributed by atoms with Crippen LogP contribution >= 0.6 is 0 Å². The minimum Gasteiger partial charge on any atom is -0.481 e. The monoisotopic (exact) mass is 294 g/mol. The van der Waals surface area contributed by atoms with Crippen LogP contribution in [0, 0.1) is 6.92 Å². The van der Waals surface area contributed by atoms with Crippen molar-refractivity contribution >= 4 is 17.9 Å². The summed E-state index contributed by atoms with van der Waals surface area (Å²) in [5.74, 6) is -1.40. The van der Waals surface area contributed by atoms with Gasteiger partial charge in [-0.25, -0.2) is 9.59 Å². The van der Waals surface area contributed by atoms with Crippen molar-refractivity contribution in [3.8, 4) is 5.75 Å². The highest BCUT2D eigenvalue weighted by molar-refractivity contribution is 5.96. The van der Waals surface area contributed by atoms with Crippen LogP contribution in [0.2, 0.25) is 0 Å². The summed E-state index contributed by atoms with van der Waals surface area (Å²) in [7, 11) is 0. The zero-order chi connectivity index (χ0) is 16.0. The van der Waals surface area contributed by atoms with E-state index in [1.807, 2.05) is 0 Å². The third kappa shape index (κ3) is 4.48. The number of carbonyl (C=O) groups excluding carboxylic acids is 2. The largest absolute Gasteiger partial charge is 0.481 e. The Morgan fingerprint density at radius 2 is 2.00 bits per heavy atom. The van der Waals surface area contributed by atoms with Crippen molar-refractivity contribution in [3.63, 3.8) is 0 Å². The first-order valence-electron chi connectivity index (χ1n) is 6.45. The van der Waals surface area contributed by atoms with Gasteiger partial charge in [-0.1, -0.05) is 6.07 Å². The number of hydrogen-bond acceptors (Lipinski definition) is 4. The van der Waals surface area contributed by atoms with Gasteiger partial charge in [-0.3, -0.25) is 10.1 Å². The Bertz CT molecular complexity index is 556. The first-order valence-corrected chi connectivity index (χ1v) is 6.45. The van der Waals surface area contributed by atoms with Gasteiger partial charge in [0, 0.05) is 12.1 Å². The summed E-state index contributed by atoms with van der Waals surface area (Å²) >= 11 is 0. The number of rotatable bonds is 5. The predicted octanol–water partition coefficient (Wildman–Crippen LogP) is 1.31. The van der Waals surface area contributed by atoms with Crippen LogP contribution in [-0.2, 0) is 4.79 Å². The average molecular weight is 294 g/mol. The molecule has 0 aliphatic rings. The average Bonchev–Trinajstić information content (AvgIpc) is 2.40. The van der Waals surface area contributed by atoms with Crippen molar-refractivity contribution in [2.45, 2.75) is 26.9 Å². The minimum absolute atomic E-state index is 0.101. The molecule has 3 N–H and O–H groups in total. The lowest BCUT2D eigenvalue weighted by Gasteiger charge is -2.16. The molecule has 7 heteroatoms. The molecule has 21 heavy (non-hydrogen) atoms. The molecule has 0 heterocycles. The summed E-state index contributed by atoms with van der Waals surface area (Å²) in [6.45, 7) is 5.19. The van der Waals surface area contributed by atoms with E-state index in [0.717, 1.165) is 0 Å². The minimum atomic E-state index is -1.07. The fraction of sp³-hybridized carbons (Fsp3) is 0.357. The summed E-state index contributed by atoms with van der Waals surface area (Å²) in [4.78, 5) is 34.0. The summed E-state index contributed by atoms with van der Waals surface area (Å²) in [5.41, 5.74) is 0.520. The number of carboxylic acid groups (broad SMARTS) is 1. The standard InChI is InChI=1S/C14H18N2O5/c1-4-15-14(20)16-12(17)9(3)21-11-7-5-6-10(8(11)2)13(18)19/h5-7,9H,4H2,1-3H3,(H,18,19)(H2,15,16,17,20). The van der Waals surface area contributed by atoms with Crippen LogP contribution in [0.4, 0.5) is 4.79 Å². The quantitative estimate of drug-likeness (QED) is 0.759. The van der Waals surface area contributed by atoms with Crippen molar-refractivity contribution in [1.82, 2.24) is 10.6 Å². The van der Waals surface area contributed by atoms with Gasteiger partial charge in [0.05, 0.1) is 5.56 Å². The Kier molecular flexibility index (Phi) is 5.71. The normalized spacial score (nSPS) is 11.4. The Balaban J connectivity index is 2.77. The van der Waals surface area contributed by atoms with Crippen molar-refractivity contribution in [3.05, 3.63) is 29.3 Å². The molecule has 7 nitrogen and oxygen atoms in total. The summed E-state index contributed by atoms with van der Waals surface area (Å²) in [6.07, 6.45) is -0.935. The molecule has 0 spiro atoms. The van der Waals surface area contributed by atoms with Gasteiger partial charge < -0.3 is 15.2 Å². The van der Waals surface area contributed by atoms with Gasteiger partial charge in [0.25, 0.3) is 5.91 Å². The number of amides is 3. The zero-order valence-corrected chi connectivity index (χ0v) is 12.1. The summed E-state index contributed by atoms with van der Waals surface area (Å²) in [6, 6.07) is 3.94. The number of carbonyl (C=O) groups is 3. The van der Waals surface area contributed by atoms with E-state index in [1.54, 1.807) is 19.9 Å². The molecule has 1 aromatic rings. The molecule has 0 saturated carbocycles. The van der Waals surface area contributed by atoms with Crippen LogP contribution in [0.1, 0.15) is 29.8 Å². The number of hydrogen-bond donors (Lipinski definition) is 3. The van der Waals surface area contributed by atoms with Crippen LogP contribution in [-0.4, -0.2) is 35.7 Å². The molecule has 0 bridgehead atoms. The second-order valence-electron chi connectivity index (χ2n) is 4.34. The second kappa shape index (κ2) is 7.28. The Labute approximate surface area is 122 Å². The number of ether oxygens (including phenoxy) is 1. The van der Waals surface area contributed by atoms with Gasteiger partial charge in [-0.2, -0.15) is 0 Å². The van der Waals surface area contributed by atoms with Crippen LogP contribution in [0.25, 0.3) is 0 Å². The Morgan fingerprint density at radius 3 is 2.57 bits per heavy atom. The SMILES string of the molecule is CCNC(=O)NC(=O)C(C)Oc1cccc(C(=O)O)c1C. The fourth-order valence-corrected chi connectivity index (χ4v) is 1.64. The van der Waals surface area contributed by atoms with Crippen molar-refractivity contribution < 1.29 is 24.2 Å². The number of benzene rings is 1. The van der Waals surface area contributed by atoms with E-state index in [2.05, 4.69) is 10.6 Å². The highest BCUT2D eigenvalue weighted by Gasteiger charge is 2.19. The van der Waals surface area contributed by atoms with E-state index in [-0.39, 0.29) is 11.3 Å². The van der Waals surface area contributed by atoms with Crippen LogP contribution < -0.4 is 15.4 Å². The van der Waals surface area contributed by atoms with E-state index in [9.17, 15) is 14.4 Å². The molecule has 114 valence electrons. The van der Waals surface area contributed by atoms with Gasteiger partial charge in [0.1, 0.15) is 5.75 Å². The van der Waals surface area contributed by atoms with E-state index < -0.39 is 24.0 Å². The smallest absolute Gasteiger partial charge is 0.336 e. The van der Waals surface area contributed by atoms with E-state index >= 15 is 0 Å². The van der Waals surface area contributed by atoms with E-state index in [0.29, 0.717) is 12.1 Å². The highest BCUT2D eigenvalue weighted by Crippen LogP contribution is 2.22.